The maximum Gasteiger partial charge on any atom is 0.344 e. The van der Waals surface area contributed by atoms with Gasteiger partial charge < -0.3 is 14.8 Å². The molecule has 1 aromatic heterocycles. The number of amides is 1. The summed E-state index contributed by atoms with van der Waals surface area (Å²) >= 11 is 0. The van der Waals surface area contributed by atoms with Crippen molar-refractivity contribution in [2.24, 2.45) is 0 Å². The number of anilines is 1. The van der Waals surface area contributed by atoms with Crippen molar-refractivity contribution in [2.45, 2.75) is 33.1 Å². The van der Waals surface area contributed by atoms with Crippen LogP contribution >= 0.6 is 0 Å². The van der Waals surface area contributed by atoms with Gasteiger partial charge in [0.1, 0.15) is 5.56 Å². The number of carbonyl (C=O) groups is 2. The lowest BCUT2D eigenvalue weighted by atomic mass is 9.99. The summed E-state index contributed by atoms with van der Waals surface area (Å²) in [5, 5.41) is 2.71. The molecule has 0 spiro atoms. The first-order valence-electron chi connectivity index (χ1n) is 8.69. The summed E-state index contributed by atoms with van der Waals surface area (Å²) < 4.78 is 10.3. The molecule has 0 saturated carbocycles. The number of carbonyl (C=O) groups excluding carboxylic acids is 2. The smallest absolute Gasteiger partial charge is 0.344 e. The predicted molar refractivity (Wildman–Crippen MR) is 99.5 cm³/mol. The van der Waals surface area contributed by atoms with Crippen LogP contribution in [0.5, 0.6) is 5.88 Å². The van der Waals surface area contributed by atoms with Gasteiger partial charge in [-0.15, -0.1) is 0 Å². The van der Waals surface area contributed by atoms with Crippen molar-refractivity contribution in [3.63, 3.8) is 0 Å². The van der Waals surface area contributed by atoms with Crippen molar-refractivity contribution in [3.8, 4) is 5.88 Å². The van der Waals surface area contributed by atoms with Crippen molar-refractivity contribution in [1.82, 2.24) is 4.98 Å². The van der Waals surface area contributed by atoms with Crippen molar-refractivity contribution in [2.75, 3.05) is 18.5 Å². The van der Waals surface area contributed by atoms with Gasteiger partial charge in [0.25, 0.3) is 5.91 Å². The van der Waals surface area contributed by atoms with E-state index in [1.165, 1.54) is 11.8 Å². The first-order valence-corrected chi connectivity index (χ1v) is 8.69. The second-order valence-electron chi connectivity index (χ2n) is 5.84. The third-order valence-corrected chi connectivity index (χ3v) is 3.98. The van der Waals surface area contributed by atoms with Crippen LogP contribution in [-0.4, -0.2) is 30.1 Å². The second kappa shape index (κ2) is 9.56. The second-order valence-corrected chi connectivity index (χ2v) is 5.84. The van der Waals surface area contributed by atoms with E-state index < -0.39 is 11.9 Å². The van der Waals surface area contributed by atoms with Gasteiger partial charge in [0.15, 0.2) is 6.61 Å². The average molecular weight is 356 g/mol. The number of aromatic nitrogens is 1. The molecule has 0 fully saturated rings. The van der Waals surface area contributed by atoms with Crippen LogP contribution in [0.15, 0.2) is 42.6 Å². The van der Waals surface area contributed by atoms with Crippen molar-refractivity contribution in [1.29, 1.82) is 0 Å². The first-order chi connectivity index (χ1) is 12.5. The molecule has 1 heterocycles. The number of benzene rings is 1. The zero-order valence-electron chi connectivity index (χ0n) is 15.3. The number of ether oxygens (including phenoxy) is 2. The van der Waals surface area contributed by atoms with Crippen molar-refractivity contribution >= 4 is 17.6 Å². The molecule has 2 rings (SSSR count). The van der Waals surface area contributed by atoms with Gasteiger partial charge in [0, 0.05) is 11.9 Å². The molecule has 2 aromatic rings. The molecule has 1 amide bonds. The SMILES string of the molecule is CCOc1ncccc1C(=O)OCC(=O)Nc1ccc([C@@H](C)CC)cc1. The number of hydrogen-bond donors (Lipinski definition) is 1. The lowest BCUT2D eigenvalue weighted by Gasteiger charge is -2.11. The van der Waals surface area contributed by atoms with E-state index in [0.717, 1.165) is 6.42 Å². The van der Waals surface area contributed by atoms with Crippen molar-refractivity contribution < 1.29 is 19.1 Å². The fourth-order valence-corrected chi connectivity index (χ4v) is 2.33. The summed E-state index contributed by atoms with van der Waals surface area (Å²) in [5.41, 5.74) is 2.08. The quantitative estimate of drug-likeness (QED) is 0.728. The summed E-state index contributed by atoms with van der Waals surface area (Å²) in [6.07, 6.45) is 2.58. The summed E-state index contributed by atoms with van der Waals surface area (Å²) in [4.78, 5) is 28.1. The standard InChI is InChI=1S/C20H24N2O4/c1-4-14(3)15-8-10-16(11-9-15)22-18(23)13-26-20(24)17-7-6-12-21-19(17)25-5-2/h6-12,14H,4-5,13H2,1-3H3,(H,22,23)/t14-/m0/s1. The van der Waals surface area contributed by atoms with Gasteiger partial charge >= 0.3 is 5.97 Å². The summed E-state index contributed by atoms with van der Waals surface area (Å²) in [5.74, 6) is -0.388. The van der Waals surface area contributed by atoms with Crippen LogP contribution in [-0.2, 0) is 9.53 Å². The predicted octanol–water partition coefficient (Wildman–Crippen LogP) is 3.79. The average Bonchev–Trinajstić information content (AvgIpc) is 2.67. The molecule has 1 N–H and O–H groups in total. The van der Waals surface area contributed by atoms with Crippen LogP contribution in [0.1, 0.15) is 49.0 Å². The lowest BCUT2D eigenvalue weighted by molar-refractivity contribution is -0.119. The number of hydrogen-bond acceptors (Lipinski definition) is 5. The number of nitrogens with one attached hydrogen (secondary N) is 1. The van der Waals surface area contributed by atoms with Gasteiger partial charge in [0.2, 0.25) is 5.88 Å². The van der Waals surface area contributed by atoms with Crippen LogP contribution < -0.4 is 10.1 Å². The Labute approximate surface area is 153 Å². The third-order valence-electron chi connectivity index (χ3n) is 3.98. The summed E-state index contributed by atoms with van der Waals surface area (Å²) in [6.45, 7) is 6.08. The number of pyridine rings is 1. The Morgan fingerprint density at radius 1 is 1.15 bits per heavy atom. The van der Waals surface area contributed by atoms with E-state index in [0.29, 0.717) is 18.2 Å². The Morgan fingerprint density at radius 3 is 2.54 bits per heavy atom. The molecule has 0 aliphatic rings. The van der Waals surface area contributed by atoms with Crippen LogP contribution in [0.2, 0.25) is 0 Å². The maximum absolute atomic E-state index is 12.1. The molecule has 1 aromatic carbocycles. The van der Waals surface area contributed by atoms with Gasteiger partial charge in [-0.3, -0.25) is 4.79 Å². The topological polar surface area (TPSA) is 77.5 Å². The van der Waals surface area contributed by atoms with Crippen LogP contribution in [0.4, 0.5) is 5.69 Å². The van der Waals surface area contributed by atoms with Crippen molar-refractivity contribution in [3.05, 3.63) is 53.7 Å². The Bertz CT molecular complexity index is 744. The van der Waals surface area contributed by atoms with Gasteiger partial charge in [-0.2, -0.15) is 0 Å². The van der Waals surface area contributed by atoms with E-state index in [2.05, 4.69) is 24.1 Å². The molecule has 0 aliphatic heterocycles. The van der Waals surface area contributed by atoms with Crippen LogP contribution in [0.25, 0.3) is 0 Å². The molecule has 0 aliphatic carbocycles. The molecule has 0 bridgehead atoms. The minimum atomic E-state index is -0.649. The largest absolute Gasteiger partial charge is 0.477 e. The summed E-state index contributed by atoms with van der Waals surface area (Å²) in [6, 6.07) is 10.8. The van der Waals surface area contributed by atoms with Gasteiger partial charge in [-0.1, -0.05) is 26.0 Å². The molecule has 26 heavy (non-hydrogen) atoms. The minimum Gasteiger partial charge on any atom is -0.477 e. The van der Waals surface area contributed by atoms with E-state index in [-0.39, 0.29) is 18.1 Å². The summed E-state index contributed by atoms with van der Waals surface area (Å²) in [7, 11) is 0. The van der Waals surface area contributed by atoms with Crippen LogP contribution in [0, 0.1) is 0 Å². The number of esters is 1. The van der Waals surface area contributed by atoms with Gasteiger partial charge in [-0.25, -0.2) is 9.78 Å². The molecule has 138 valence electrons. The molecule has 0 saturated heterocycles. The highest BCUT2D eigenvalue weighted by Gasteiger charge is 2.16. The van der Waals surface area contributed by atoms with E-state index in [1.807, 2.05) is 24.3 Å². The highest BCUT2D eigenvalue weighted by Crippen LogP contribution is 2.20. The Morgan fingerprint density at radius 2 is 1.88 bits per heavy atom. The van der Waals surface area contributed by atoms with Gasteiger partial charge in [0.05, 0.1) is 6.61 Å². The molecule has 1 atom stereocenters. The number of rotatable bonds is 8. The molecule has 0 unspecified atom stereocenters. The third kappa shape index (κ3) is 5.31. The number of nitrogens with zero attached hydrogens (tertiary/aromatic N) is 1. The Balaban J connectivity index is 1.89. The minimum absolute atomic E-state index is 0.194. The zero-order valence-corrected chi connectivity index (χ0v) is 15.3. The monoisotopic (exact) mass is 356 g/mol. The lowest BCUT2D eigenvalue weighted by Crippen LogP contribution is -2.21. The van der Waals surface area contributed by atoms with E-state index in [9.17, 15) is 9.59 Å². The zero-order chi connectivity index (χ0) is 18.9. The highest BCUT2D eigenvalue weighted by molar-refractivity contribution is 5.96. The molecular weight excluding hydrogens is 332 g/mol. The van der Waals surface area contributed by atoms with E-state index in [4.69, 9.17) is 9.47 Å². The Hall–Kier alpha value is -2.89. The fraction of sp³-hybridized carbons (Fsp3) is 0.350. The van der Waals surface area contributed by atoms with Gasteiger partial charge in [-0.05, 0) is 49.1 Å². The highest BCUT2D eigenvalue weighted by atomic mass is 16.5. The molecule has 0 radical (unpaired) electrons. The Kier molecular flexibility index (Phi) is 7.14. The molecule has 6 heteroatoms. The van der Waals surface area contributed by atoms with Crippen LogP contribution in [0.3, 0.4) is 0 Å². The van der Waals surface area contributed by atoms with E-state index >= 15 is 0 Å². The maximum atomic E-state index is 12.1. The first kappa shape index (κ1) is 19.4. The molecule has 6 nitrogen and oxygen atoms in total. The molecular formula is C20H24N2O4. The fourth-order valence-electron chi connectivity index (χ4n) is 2.33. The van der Waals surface area contributed by atoms with E-state index in [1.54, 1.807) is 19.1 Å². The normalized spacial score (nSPS) is 11.5.